The van der Waals surface area contributed by atoms with Gasteiger partial charge in [0.15, 0.2) is 0 Å². The maximum atomic E-state index is 13.6. The maximum Gasteiger partial charge on any atom is 0.244 e. The van der Waals surface area contributed by atoms with Crippen molar-refractivity contribution in [2.45, 2.75) is 52.2 Å². The Hall–Kier alpha value is -2.36. The van der Waals surface area contributed by atoms with Crippen molar-refractivity contribution >= 4 is 50.7 Å². The number of hydrogen-bond acceptors (Lipinski definition) is 4. The summed E-state index contributed by atoms with van der Waals surface area (Å²) >= 11 is 12.0. The molecule has 0 aliphatic rings. The van der Waals surface area contributed by atoms with Gasteiger partial charge in [-0.1, -0.05) is 42.3 Å². The zero-order chi connectivity index (χ0) is 26.6. The molecule has 2 aromatic rings. The smallest absolute Gasteiger partial charge is 0.244 e. The van der Waals surface area contributed by atoms with Crippen LogP contribution in [0.4, 0.5) is 10.1 Å². The number of nitrogens with one attached hydrogen (secondary N) is 1. The van der Waals surface area contributed by atoms with E-state index in [0.717, 1.165) is 10.6 Å². The van der Waals surface area contributed by atoms with Gasteiger partial charge in [0.2, 0.25) is 21.8 Å². The molecule has 0 aliphatic heterocycles. The molecule has 0 saturated carbocycles. The van der Waals surface area contributed by atoms with Gasteiger partial charge in [-0.3, -0.25) is 13.9 Å². The van der Waals surface area contributed by atoms with Gasteiger partial charge in [0.25, 0.3) is 0 Å². The van der Waals surface area contributed by atoms with Gasteiger partial charge >= 0.3 is 0 Å². The third-order valence-corrected chi connectivity index (χ3v) is 6.90. The first kappa shape index (κ1) is 28.9. The molecule has 192 valence electrons. The van der Waals surface area contributed by atoms with Crippen molar-refractivity contribution in [2.24, 2.45) is 0 Å². The normalized spacial score (nSPS) is 12.7. The number of amides is 2. The van der Waals surface area contributed by atoms with Gasteiger partial charge in [-0.2, -0.15) is 0 Å². The largest absolute Gasteiger partial charge is 0.350 e. The topological polar surface area (TPSA) is 86.8 Å². The van der Waals surface area contributed by atoms with Crippen LogP contribution in [-0.2, 0) is 26.2 Å². The highest BCUT2D eigenvalue weighted by atomic mass is 35.5. The minimum Gasteiger partial charge on any atom is -0.350 e. The summed E-state index contributed by atoms with van der Waals surface area (Å²) in [5.41, 5.74) is 0.194. The molecule has 0 heterocycles. The fourth-order valence-electron chi connectivity index (χ4n) is 3.41. The third kappa shape index (κ3) is 8.37. The number of carbonyl (C=O) groups is 2. The Kier molecular flexibility index (Phi) is 9.56. The van der Waals surface area contributed by atoms with Crippen LogP contribution in [-0.4, -0.2) is 49.5 Å². The molecule has 0 aromatic heterocycles. The Bertz CT molecular complexity index is 1170. The minimum absolute atomic E-state index is 0.0197. The molecule has 2 amide bonds. The molecular formula is C24H30Cl2FN3O4S. The summed E-state index contributed by atoms with van der Waals surface area (Å²) in [6.45, 7) is 6.62. The average molecular weight is 546 g/mol. The Labute approximate surface area is 216 Å². The molecule has 11 heteroatoms. The molecule has 0 aliphatic carbocycles. The monoisotopic (exact) mass is 545 g/mol. The SMILES string of the molecule is CC[C@@H](C(=O)NC(C)(C)C)N(Cc1ccc(F)cc1)C(=O)CN(c1ccc(Cl)c(Cl)c1)S(C)(=O)=O. The minimum atomic E-state index is -3.90. The molecule has 1 N–H and O–H groups in total. The standard InChI is InChI=1S/C24H30Cl2FN3O4S/c1-6-21(23(32)28-24(2,3)4)29(14-16-7-9-17(27)10-8-16)22(31)15-30(35(5,33)34)18-11-12-19(25)20(26)13-18/h7-13,21H,6,14-15H2,1-5H3,(H,28,32)/t21-/m0/s1. The molecule has 0 bridgehead atoms. The molecule has 0 saturated heterocycles. The first-order chi connectivity index (χ1) is 16.1. The molecule has 7 nitrogen and oxygen atoms in total. The van der Waals surface area contributed by atoms with Crippen molar-refractivity contribution in [3.8, 4) is 0 Å². The lowest BCUT2D eigenvalue weighted by Gasteiger charge is -2.34. The highest BCUT2D eigenvalue weighted by molar-refractivity contribution is 7.92. The maximum absolute atomic E-state index is 13.6. The van der Waals surface area contributed by atoms with E-state index in [0.29, 0.717) is 5.56 Å². The lowest BCUT2D eigenvalue weighted by atomic mass is 10.1. The zero-order valence-corrected chi connectivity index (χ0v) is 22.6. The number of carbonyl (C=O) groups excluding carboxylic acids is 2. The number of nitrogens with zero attached hydrogens (tertiary/aromatic N) is 2. The zero-order valence-electron chi connectivity index (χ0n) is 20.3. The number of hydrogen-bond donors (Lipinski definition) is 1. The molecule has 0 fully saturated rings. The van der Waals surface area contributed by atoms with Gasteiger partial charge in [-0.05, 0) is 63.1 Å². The third-order valence-electron chi connectivity index (χ3n) is 5.02. The van der Waals surface area contributed by atoms with Gasteiger partial charge in [0.05, 0.1) is 22.0 Å². The summed E-state index contributed by atoms with van der Waals surface area (Å²) in [7, 11) is -3.90. The average Bonchev–Trinajstić information content (AvgIpc) is 2.73. The van der Waals surface area contributed by atoms with E-state index in [9.17, 15) is 22.4 Å². The molecule has 0 unspecified atom stereocenters. The molecule has 0 radical (unpaired) electrons. The van der Waals surface area contributed by atoms with E-state index < -0.39 is 39.9 Å². The second-order valence-electron chi connectivity index (χ2n) is 9.18. The Balaban J connectivity index is 2.47. The molecule has 1 atom stereocenters. The first-order valence-electron chi connectivity index (χ1n) is 10.9. The predicted octanol–water partition coefficient (Wildman–Crippen LogP) is 4.62. The van der Waals surface area contributed by atoms with Crippen LogP contribution in [0.15, 0.2) is 42.5 Å². The summed E-state index contributed by atoms with van der Waals surface area (Å²) in [5.74, 6) is -1.43. The van der Waals surface area contributed by atoms with E-state index in [1.165, 1.54) is 47.4 Å². The van der Waals surface area contributed by atoms with Crippen LogP contribution < -0.4 is 9.62 Å². The van der Waals surface area contributed by atoms with Crippen molar-refractivity contribution in [3.05, 3.63) is 63.9 Å². The summed E-state index contributed by atoms with van der Waals surface area (Å²) < 4.78 is 39.5. The number of benzene rings is 2. The Morgan fingerprint density at radius 2 is 1.66 bits per heavy atom. The van der Waals surface area contributed by atoms with Gasteiger partial charge in [-0.25, -0.2) is 12.8 Å². The van der Waals surface area contributed by atoms with Gasteiger partial charge in [0.1, 0.15) is 18.4 Å². The van der Waals surface area contributed by atoms with E-state index in [4.69, 9.17) is 23.2 Å². The van der Waals surface area contributed by atoms with Crippen molar-refractivity contribution in [2.75, 3.05) is 17.1 Å². The second kappa shape index (κ2) is 11.6. The summed E-state index contributed by atoms with van der Waals surface area (Å²) in [5, 5.41) is 3.24. The fourth-order valence-corrected chi connectivity index (χ4v) is 4.55. The number of sulfonamides is 1. The number of rotatable bonds is 9. The van der Waals surface area contributed by atoms with Crippen LogP contribution in [0, 0.1) is 5.82 Å². The first-order valence-corrected chi connectivity index (χ1v) is 13.5. The second-order valence-corrected chi connectivity index (χ2v) is 11.9. The van der Waals surface area contributed by atoms with Gasteiger partial charge < -0.3 is 10.2 Å². The Morgan fingerprint density at radius 3 is 2.14 bits per heavy atom. The van der Waals surface area contributed by atoms with Crippen molar-refractivity contribution in [1.29, 1.82) is 0 Å². The van der Waals surface area contributed by atoms with Gasteiger partial charge in [0, 0.05) is 12.1 Å². The molecule has 2 aromatic carbocycles. The molecule has 2 rings (SSSR count). The lowest BCUT2D eigenvalue weighted by molar-refractivity contribution is -0.141. The van der Waals surface area contributed by atoms with E-state index in [2.05, 4.69) is 5.32 Å². The highest BCUT2D eigenvalue weighted by Gasteiger charge is 2.33. The molecule has 0 spiro atoms. The van der Waals surface area contributed by atoms with Crippen LogP contribution in [0.5, 0.6) is 0 Å². The summed E-state index contributed by atoms with van der Waals surface area (Å²) in [6, 6.07) is 8.88. The lowest BCUT2D eigenvalue weighted by Crippen LogP contribution is -2.55. The highest BCUT2D eigenvalue weighted by Crippen LogP contribution is 2.28. The summed E-state index contributed by atoms with van der Waals surface area (Å²) in [4.78, 5) is 28.0. The number of anilines is 1. The van der Waals surface area contributed by atoms with Crippen LogP contribution >= 0.6 is 23.2 Å². The quantitative estimate of drug-likeness (QED) is 0.498. The van der Waals surface area contributed by atoms with Crippen molar-refractivity contribution < 1.29 is 22.4 Å². The molecule has 35 heavy (non-hydrogen) atoms. The van der Waals surface area contributed by atoms with Crippen molar-refractivity contribution in [1.82, 2.24) is 10.2 Å². The fraction of sp³-hybridized carbons (Fsp3) is 0.417. The van der Waals surface area contributed by atoms with Crippen LogP contribution in [0.1, 0.15) is 39.7 Å². The summed E-state index contributed by atoms with van der Waals surface area (Å²) in [6.07, 6.45) is 1.25. The van der Waals surface area contributed by atoms with E-state index in [-0.39, 0.29) is 34.6 Å². The van der Waals surface area contributed by atoms with Crippen LogP contribution in [0.3, 0.4) is 0 Å². The Morgan fingerprint density at radius 1 is 1.06 bits per heavy atom. The van der Waals surface area contributed by atoms with Gasteiger partial charge in [-0.15, -0.1) is 0 Å². The molecular weight excluding hydrogens is 516 g/mol. The van der Waals surface area contributed by atoms with Crippen molar-refractivity contribution in [3.63, 3.8) is 0 Å². The van der Waals surface area contributed by atoms with Crippen LogP contribution in [0.25, 0.3) is 0 Å². The number of halogens is 3. The van der Waals surface area contributed by atoms with E-state index >= 15 is 0 Å². The predicted molar refractivity (Wildman–Crippen MR) is 138 cm³/mol. The van der Waals surface area contributed by atoms with Crippen LogP contribution in [0.2, 0.25) is 10.0 Å². The van der Waals surface area contributed by atoms with E-state index in [1.807, 2.05) is 20.8 Å². The van der Waals surface area contributed by atoms with E-state index in [1.54, 1.807) is 6.92 Å².